The van der Waals surface area contributed by atoms with Crippen molar-refractivity contribution in [1.29, 1.82) is 0 Å². The Morgan fingerprint density at radius 1 is 1.57 bits per heavy atom. The van der Waals surface area contributed by atoms with Crippen molar-refractivity contribution < 1.29 is 9.47 Å². The number of nitrogens with two attached hydrogens (primary N) is 1. The summed E-state index contributed by atoms with van der Waals surface area (Å²) in [6.07, 6.45) is 2.27. The minimum absolute atomic E-state index is 0.146. The quantitative estimate of drug-likeness (QED) is 0.519. The summed E-state index contributed by atoms with van der Waals surface area (Å²) < 4.78 is 10.9. The smallest absolute Gasteiger partial charge is 0.0792 e. The molecule has 1 aliphatic heterocycles. The van der Waals surface area contributed by atoms with Crippen molar-refractivity contribution in [3.8, 4) is 0 Å². The Balaban J connectivity index is 2.59. The van der Waals surface area contributed by atoms with Crippen LogP contribution in [0.5, 0.6) is 0 Å². The summed E-state index contributed by atoms with van der Waals surface area (Å²) in [7, 11) is 1.72. The average molecular weight is 202 g/mol. The molecule has 0 aromatic heterocycles. The number of hydrogen-bond acceptors (Lipinski definition) is 4. The van der Waals surface area contributed by atoms with Gasteiger partial charge in [0.25, 0.3) is 0 Å². The Kier molecular flexibility index (Phi) is 4.31. The molecule has 0 amide bonds. The molecule has 0 spiro atoms. The van der Waals surface area contributed by atoms with Gasteiger partial charge < -0.3 is 9.47 Å². The number of ether oxygens (including phenoxy) is 2. The van der Waals surface area contributed by atoms with Crippen LogP contribution in [0.1, 0.15) is 26.7 Å². The molecule has 4 nitrogen and oxygen atoms in total. The van der Waals surface area contributed by atoms with Gasteiger partial charge >= 0.3 is 0 Å². The van der Waals surface area contributed by atoms with Crippen LogP contribution in [0.15, 0.2) is 0 Å². The molecule has 0 radical (unpaired) electrons. The fraction of sp³-hybridized carbons (Fsp3) is 1.00. The van der Waals surface area contributed by atoms with E-state index < -0.39 is 0 Å². The van der Waals surface area contributed by atoms with Gasteiger partial charge in [0.2, 0.25) is 0 Å². The van der Waals surface area contributed by atoms with Crippen molar-refractivity contribution in [1.82, 2.24) is 5.43 Å². The van der Waals surface area contributed by atoms with Gasteiger partial charge in [-0.15, -0.1) is 0 Å². The predicted molar refractivity (Wildman–Crippen MR) is 55.7 cm³/mol. The van der Waals surface area contributed by atoms with Crippen LogP contribution in [0.3, 0.4) is 0 Å². The Morgan fingerprint density at radius 3 is 2.71 bits per heavy atom. The van der Waals surface area contributed by atoms with Crippen molar-refractivity contribution in [3.63, 3.8) is 0 Å². The first-order chi connectivity index (χ1) is 6.61. The zero-order valence-electron chi connectivity index (χ0n) is 9.38. The fourth-order valence-electron chi connectivity index (χ4n) is 2.06. The standard InChI is InChI=1S/C10H22N2O2/c1-10(2,13-3)9(12-11)8-5-4-6-14-7-8/h8-9,12H,4-7,11H2,1-3H3. The summed E-state index contributed by atoms with van der Waals surface area (Å²) in [5.41, 5.74) is 2.61. The van der Waals surface area contributed by atoms with Gasteiger partial charge in [-0.1, -0.05) is 0 Å². The van der Waals surface area contributed by atoms with Gasteiger partial charge in [-0.3, -0.25) is 11.3 Å². The van der Waals surface area contributed by atoms with Crippen LogP contribution < -0.4 is 11.3 Å². The van der Waals surface area contributed by atoms with Crippen molar-refractivity contribution in [3.05, 3.63) is 0 Å². The fourth-order valence-corrected chi connectivity index (χ4v) is 2.06. The molecule has 0 aliphatic carbocycles. The average Bonchev–Trinajstić information content (AvgIpc) is 2.20. The van der Waals surface area contributed by atoms with Gasteiger partial charge in [0.1, 0.15) is 0 Å². The van der Waals surface area contributed by atoms with Gasteiger partial charge in [0.15, 0.2) is 0 Å². The molecule has 0 aromatic carbocycles. The first kappa shape index (κ1) is 11.9. The summed E-state index contributed by atoms with van der Waals surface area (Å²) in [5.74, 6) is 6.03. The van der Waals surface area contributed by atoms with E-state index in [0.717, 1.165) is 26.1 Å². The van der Waals surface area contributed by atoms with E-state index in [1.807, 2.05) is 13.8 Å². The van der Waals surface area contributed by atoms with E-state index in [-0.39, 0.29) is 11.6 Å². The lowest BCUT2D eigenvalue weighted by Gasteiger charge is -2.39. The minimum Gasteiger partial charge on any atom is -0.381 e. The van der Waals surface area contributed by atoms with Crippen molar-refractivity contribution >= 4 is 0 Å². The molecule has 3 N–H and O–H groups in total. The second-order valence-corrected chi connectivity index (χ2v) is 4.43. The monoisotopic (exact) mass is 202 g/mol. The highest BCUT2D eigenvalue weighted by atomic mass is 16.5. The van der Waals surface area contributed by atoms with Crippen LogP contribution in [0, 0.1) is 5.92 Å². The maximum atomic E-state index is 5.58. The van der Waals surface area contributed by atoms with Gasteiger partial charge in [0, 0.05) is 19.6 Å². The van der Waals surface area contributed by atoms with E-state index in [2.05, 4.69) is 5.43 Å². The topological polar surface area (TPSA) is 56.5 Å². The number of hydrazine groups is 1. The number of rotatable bonds is 4. The molecule has 1 saturated heterocycles. The van der Waals surface area contributed by atoms with E-state index in [1.54, 1.807) is 7.11 Å². The molecule has 84 valence electrons. The SMILES string of the molecule is COC(C)(C)C(NN)C1CCCOC1. The maximum Gasteiger partial charge on any atom is 0.0792 e. The largest absolute Gasteiger partial charge is 0.381 e. The highest BCUT2D eigenvalue weighted by Gasteiger charge is 2.35. The Hall–Kier alpha value is -0.160. The number of nitrogens with one attached hydrogen (secondary N) is 1. The first-order valence-electron chi connectivity index (χ1n) is 5.21. The Morgan fingerprint density at radius 2 is 2.29 bits per heavy atom. The Labute approximate surface area is 86.1 Å². The third-order valence-electron chi connectivity index (χ3n) is 3.12. The molecule has 2 atom stereocenters. The van der Waals surface area contributed by atoms with Crippen LogP contribution in [-0.2, 0) is 9.47 Å². The van der Waals surface area contributed by atoms with Gasteiger partial charge in [-0.05, 0) is 26.7 Å². The summed E-state index contributed by atoms with van der Waals surface area (Å²) >= 11 is 0. The van der Waals surface area contributed by atoms with E-state index in [4.69, 9.17) is 15.3 Å². The third kappa shape index (κ3) is 2.67. The molecule has 1 heterocycles. The van der Waals surface area contributed by atoms with E-state index >= 15 is 0 Å². The van der Waals surface area contributed by atoms with Gasteiger partial charge in [-0.2, -0.15) is 0 Å². The third-order valence-corrected chi connectivity index (χ3v) is 3.12. The highest BCUT2D eigenvalue weighted by Crippen LogP contribution is 2.26. The molecule has 1 rings (SSSR count). The molecule has 0 bridgehead atoms. The normalized spacial score (nSPS) is 26.1. The number of methoxy groups -OCH3 is 1. The lowest BCUT2D eigenvalue weighted by atomic mass is 9.84. The van der Waals surface area contributed by atoms with Crippen LogP contribution in [0.25, 0.3) is 0 Å². The summed E-state index contributed by atoms with van der Waals surface area (Å²) in [6, 6.07) is 0.146. The lowest BCUT2D eigenvalue weighted by molar-refractivity contribution is -0.0565. The number of hydrogen-bond donors (Lipinski definition) is 2. The van der Waals surface area contributed by atoms with E-state index in [9.17, 15) is 0 Å². The second kappa shape index (κ2) is 5.07. The first-order valence-corrected chi connectivity index (χ1v) is 5.21. The van der Waals surface area contributed by atoms with Crippen molar-refractivity contribution in [2.24, 2.45) is 11.8 Å². The van der Waals surface area contributed by atoms with E-state index in [1.165, 1.54) is 0 Å². The molecular formula is C10H22N2O2. The lowest BCUT2D eigenvalue weighted by Crippen LogP contribution is -2.56. The molecule has 0 saturated carbocycles. The summed E-state index contributed by atoms with van der Waals surface area (Å²) in [5, 5.41) is 0. The van der Waals surface area contributed by atoms with Crippen LogP contribution in [0.4, 0.5) is 0 Å². The Bertz CT molecular complexity index is 168. The van der Waals surface area contributed by atoms with Crippen LogP contribution in [0.2, 0.25) is 0 Å². The van der Waals surface area contributed by atoms with Crippen molar-refractivity contribution in [2.75, 3.05) is 20.3 Å². The van der Waals surface area contributed by atoms with Crippen LogP contribution >= 0.6 is 0 Å². The predicted octanol–water partition coefficient (Wildman–Crippen LogP) is 0.670. The molecule has 4 heteroatoms. The summed E-state index contributed by atoms with van der Waals surface area (Å²) in [6.45, 7) is 5.75. The van der Waals surface area contributed by atoms with Crippen LogP contribution in [-0.4, -0.2) is 32.0 Å². The maximum absolute atomic E-state index is 5.58. The van der Waals surface area contributed by atoms with Gasteiger partial charge in [0.05, 0.1) is 18.2 Å². The summed E-state index contributed by atoms with van der Waals surface area (Å²) in [4.78, 5) is 0. The highest BCUT2D eigenvalue weighted by molar-refractivity contribution is 4.90. The second-order valence-electron chi connectivity index (χ2n) is 4.43. The molecule has 1 aliphatic rings. The zero-order chi connectivity index (χ0) is 10.6. The molecular weight excluding hydrogens is 180 g/mol. The molecule has 1 fully saturated rings. The minimum atomic E-state index is -0.250. The molecule has 14 heavy (non-hydrogen) atoms. The van der Waals surface area contributed by atoms with Crippen molar-refractivity contribution in [2.45, 2.75) is 38.3 Å². The molecule has 0 aromatic rings. The van der Waals surface area contributed by atoms with Gasteiger partial charge in [-0.25, -0.2) is 0 Å². The van der Waals surface area contributed by atoms with E-state index in [0.29, 0.717) is 5.92 Å². The molecule has 2 unspecified atom stereocenters. The zero-order valence-corrected chi connectivity index (χ0v) is 9.38.